The number of halogens is 1. The van der Waals surface area contributed by atoms with Crippen molar-refractivity contribution in [1.29, 1.82) is 0 Å². The number of benzene rings is 2. The Labute approximate surface area is 176 Å². The summed E-state index contributed by atoms with van der Waals surface area (Å²) in [6.07, 6.45) is 1.46. The van der Waals surface area contributed by atoms with Crippen LogP contribution in [0.15, 0.2) is 64.1 Å². The van der Waals surface area contributed by atoms with Crippen molar-refractivity contribution in [2.24, 2.45) is 5.10 Å². The second-order valence-electron chi connectivity index (χ2n) is 5.98. The van der Waals surface area contributed by atoms with Crippen molar-refractivity contribution < 1.29 is 28.6 Å². The summed E-state index contributed by atoms with van der Waals surface area (Å²) in [6, 6.07) is 14.4. The van der Waals surface area contributed by atoms with E-state index in [4.69, 9.17) is 30.6 Å². The van der Waals surface area contributed by atoms with Gasteiger partial charge < -0.3 is 19.0 Å². The minimum atomic E-state index is -1.15. The number of rotatable bonds is 8. The van der Waals surface area contributed by atoms with E-state index in [1.54, 1.807) is 42.5 Å². The maximum Gasteiger partial charge on any atom is 0.371 e. The zero-order chi connectivity index (χ0) is 21.5. The summed E-state index contributed by atoms with van der Waals surface area (Å²) in [6.45, 7) is 0.0359. The van der Waals surface area contributed by atoms with Gasteiger partial charge in [-0.05, 0) is 60.2 Å². The molecule has 3 rings (SSSR count). The van der Waals surface area contributed by atoms with Gasteiger partial charge in [0.2, 0.25) is 5.76 Å². The van der Waals surface area contributed by atoms with Crippen LogP contribution in [0.1, 0.15) is 32.2 Å². The number of hydrogen-bond acceptors (Lipinski definition) is 6. The highest BCUT2D eigenvalue weighted by atomic mass is 35.5. The van der Waals surface area contributed by atoms with Gasteiger partial charge in [-0.2, -0.15) is 5.10 Å². The molecule has 0 aliphatic carbocycles. The van der Waals surface area contributed by atoms with Gasteiger partial charge in [0.25, 0.3) is 5.91 Å². The average Bonchev–Trinajstić information content (AvgIpc) is 3.22. The molecule has 0 atom stereocenters. The van der Waals surface area contributed by atoms with Gasteiger partial charge in [0.1, 0.15) is 12.4 Å². The maximum absolute atomic E-state index is 12.0. The summed E-state index contributed by atoms with van der Waals surface area (Å²) in [5.74, 6) is -0.432. The van der Waals surface area contributed by atoms with E-state index in [9.17, 15) is 9.59 Å². The van der Waals surface area contributed by atoms with Crippen LogP contribution in [-0.2, 0) is 6.61 Å². The minimum absolute atomic E-state index is 0.0359. The molecule has 154 valence electrons. The molecule has 0 saturated heterocycles. The number of carbonyl (C=O) groups is 2. The van der Waals surface area contributed by atoms with Gasteiger partial charge in [-0.15, -0.1) is 0 Å². The highest BCUT2D eigenvalue weighted by Crippen LogP contribution is 2.28. The lowest BCUT2D eigenvalue weighted by Gasteiger charge is -2.10. The van der Waals surface area contributed by atoms with Crippen LogP contribution in [0.5, 0.6) is 11.5 Å². The number of furan rings is 1. The van der Waals surface area contributed by atoms with Crippen molar-refractivity contribution in [3.63, 3.8) is 0 Å². The van der Waals surface area contributed by atoms with Crippen molar-refractivity contribution >= 4 is 29.7 Å². The van der Waals surface area contributed by atoms with Gasteiger partial charge in [0, 0.05) is 10.6 Å². The molecule has 2 N–H and O–H groups in total. The van der Waals surface area contributed by atoms with Crippen LogP contribution in [0.4, 0.5) is 0 Å². The Bertz CT molecular complexity index is 1080. The molecule has 0 spiro atoms. The number of methoxy groups -OCH3 is 1. The second kappa shape index (κ2) is 9.62. The van der Waals surface area contributed by atoms with Crippen LogP contribution in [0, 0.1) is 0 Å². The van der Waals surface area contributed by atoms with Crippen molar-refractivity contribution in [1.82, 2.24) is 5.43 Å². The lowest BCUT2D eigenvalue weighted by Crippen LogP contribution is -2.17. The number of nitrogens with zero attached hydrogens (tertiary/aromatic N) is 1. The van der Waals surface area contributed by atoms with Crippen LogP contribution in [-0.4, -0.2) is 30.3 Å². The summed E-state index contributed by atoms with van der Waals surface area (Å²) >= 11 is 5.80. The number of carboxylic acid groups (broad SMARTS) is 1. The molecule has 30 heavy (non-hydrogen) atoms. The first-order valence-electron chi connectivity index (χ1n) is 8.68. The van der Waals surface area contributed by atoms with E-state index in [2.05, 4.69) is 10.5 Å². The molecule has 1 aromatic heterocycles. The van der Waals surface area contributed by atoms with E-state index >= 15 is 0 Å². The van der Waals surface area contributed by atoms with Crippen molar-refractivity contribution in [2.75, 3.05) is 7.11 Å². The molecule has 0 radical (unpaired) electrons. The normalized spacial score (nSPS) is 10.7. The molecular formula is C21H17ClN2O6. The summed E-state index contributed by atoms with van der Waals surface area (Å²) in [5, 5.41) is 13.4. The fourth-order valence-electron chi connectivity index (χ4n) is 2.43. The Kier molecular flexibility index (Phi) is 6.71. The highest BCUT2D eigenvalue weighted by molar-refractivity contribution is 6.30. The summed E-state index contributed by atoms with van der Waals surface area (Å²) in [4.78, 5) is 22.9. The van der Waals surface area contributed by atoms with Crippen molar-refractivity contribution in [3.05, 3.63) is 82.3 Å². The average molecular weight is 429 g/mol. The number of amides is 1. The number of nitrogens with one attached hydrogen (secondary N) is 1. The smallest absolute Gasteiger partial charge is 0.371 e. The molecule has 0 saturated carbocycles. The third kappa shape index (κ3) is 5.39. The lowest BCUT2D eigenvalue weighted by atomic mass is 10.2. The number of aromatic carboxylic acids is 1. The monoisotopic (exact) mass is 428 g/mol. The molecule has 0 fully saturated rings. The predicted molar refractivity (Wildman–Crippen MR) is 110 cm³/mol. The predicted octanol–water partition coefficient (Wildman–Crippen LogP) is 3.98. The Morgan fingerprint density at radius 2 is 1.90 bits per heavy atom. The van der Waals surface area contributed by atoms with Crippen LogP contribution in [0.25, 0.3) is 0 Å². The van der Waals surface area contributed by atoms with Gasteiger partial charge in [-0.3, -0.25) is 4.79 Å². The minimum Gasteiger partial charge on any atom is -0.493 e. The number of hydrogen-bond donors (Lipinski definition) is 2. The van der Waals surface area contributed by atoms with E-state index in [0.29, 0.717) is 33.4 Å². The second-order valence-corrected chi connectivity index (χ2v) is 6.41. The fraction of sp³-hybridized carbons (Fsp3) is 0.0952. The first-order chi connectivity index (χ1) is 14.5. The van der Waals surface area contributed by atoms with Crippen LogP contribution >= 0.6 is 11.6 Å². The molecule has 8 nitrogen and oxygen atoms in total. The van der Waals surface area contributed by atoms with Gasteiger partial charge in [0.15, 0.2) is 11.5 Å². The summed E-state index contributed by atoms with van der Waals surface area (Å²) < 4.78 is 16.1. The molecule has 0 bridgehead atoms. The van der Waals surface area contributed by atoms with Gasteiger partial charge in [-0.25, -0.2) is 10.2 Å². The largest absolute Gasteiger partial charge is 0.493 e. The van der Waals surface area contributed by atoms with E-state index in [1.165, 1.54) is 25.5 Å². The number of carboxylic acids is 1. The number of carbonyl (C=O) groups excluding carboxylic acids is 1. The quantitative estimate of drug-likeness (QED) is 0.414. The van der Waals surface area contributed by atoms with Gasteiger partial charge >= 0.3 is 5.97 Å². The first-order valence-corrected chi connectivity index (χ1v) is 9.06. The molecular weight excluding hydrogens is 412 g/mol. The lowest BCUT2D eigenvalue weighted by molar-refractivity contribution is 0.0657. The first kappa shape index (κ1) is 20.9. The molecule has 2 aromatic carbocycles. The molecule has 1 amide bonds. The SMILES string of the molecule is COc1cc(C=NNC(=O)c2ccc(Cl)cc2)ccc1OCc1ccc(C(=O)O)o1. The molecule has 1 heterocycles. The Balaban J connectivity index is 1.61. The molecule has 0 aliphatic heterocycles. The van der Waals surface area contributed by atoms with E-state index < -0.39 is 5.97 Å². The molecule has 0 aliphatic rings. The van der Waals surface area contributed by atoms with Gasteiger partial charge in [0.05, 0.1) is 13.3 Å². The van der Waals surface area contributed by atoms with Crippen molar-refractivity contribution in [2.45, 2.75) is 6.61 Å². The van der Waals surface area contributed by atoms with Crippen molar-refractivity contribution in [3.8, 4) is 11.5 Å². The third-order valence-corrected chi connectivity index (χ3v) is 4.17. The maximum atomic E-state index is 12.0. The topological polar surface area (TPSA) is 110 Å². The van der Waals surface area contributed by atoms with E-state index in [-0.39, 0.29) is 18.3 Å². The van der Waals surface area contributed by atoms with Gasteiger partial charge in [-0.1, -0.05) is 11.6 Å². The summed E-state index contributed by atoms with van der Waals surface area (Å²) in [5.41, 5.74) is 3.53. The zero-order valence-electron chi connectivity index (χ0n) is 15.8. The van der Waals surface area contributed by atoms with E-state index in [0.717, 1.165) is 0 Å². The zero-order valence-corrected chi connectivity index (χ0v) is 16.6. The van der Waals surface area contributed by atoms with Crippen LogP contribution in [0.2, 0.25) is 5.02 Å². The number of ether oxygens (including phenoxy) is 2. The molecule has 3 aromatic rings. The molecule has 0 unspecified atom stereocenters. The van der Waals surface area contributed by atoms with Crippen LogP contribution < -0.4 is 14.9 Å². The van der Waals surface area contributed by atoms with Crippen LogP contribution in [0.3, 0.4) is 0 Å². The Hall–Kier alpha value is -3.78. The van der Waals surface area contributed by atoms with E-state index in [1.807, 2.05) is 0 Å². The fourth-order valence-corrected chi connectivity index (χ4v) is 2.56. The summed E-state index contributed by atoms with van der Waals surface area (Å²) in [7, 11) is 1.49. The Morgan fingerprint density at radius 1 is 1.13 bits per heavy atom. The molecule has 9 heteroatoms. The third-order valence-electron chi connectivity index (χ3n) is 3.92. The number of hydrazone groups is 1. The highest BCUT2D eigenvalue weighted by Gasteiger charge is 2.11. The Morgan fingerprint density at radius 3 is 2.57 bits per heavy atom. The standard InChI is InChI=1S/C21H17ClN2O6/c1-28-19-10-13(11-23-24-20(25)14-3-5-15(22)6-4-14)2-8-17(19)29-12-16-7-9-18(30-16)21(26)27/h2-11H,12H2,1H3,(H,24,25)(H,26,27).